The van der Waals surface area contributed by atoms with Crippen LogP contribution in [0.15, 0.2) is 18.2 Å². The Morgan fingerprint density at radius 2 is 2.11 bits per heavy atom. The zero-order valence-electron chi connectivity index (χ0n) is 11.5. The second-order valence-corrected chi connectivity index (χ2v) is 5.58. The third-order valence-electron chi connectivity index (χ3n) is 2.76. The first-order valence-corrected chi connectivity index (χ1v) is 7.56. The smallest absolute Gasteiger partial charge is 0.319 e. The molecule has 0 aliphatic rings. The van der Waals surface area contributed by atoms with Crippen LogP contribution in [0.4, 0.5) is 10.5 Å². The number of amides is 2. The topological polar surface area (TPSA) is 41.1 Å². The van der Waals surface area contributed by atoms with E-state index in [1.807, 2.05) is 32.9 Å². The maximum Gasteiger partial charge on any atom is 0.319 e. The van der Waals surface area contributed by atoms with Crippen LogP contribution in [0.3, 0.4) is 0 Å². The summed E-state index contributed by atoms with van der Waals surface area (Å²) in [6.45, 7) is 6.07. The number of carbonyl (C=O) groups excluding carboxylic acids is 1. The van der Waals surface area contributed by atoms with Gasteiger partial charge in [-0.15, -0.1) is 0 Å². The van der Waals surface area contributed by atoms with Gasteiger partial charge in [-0.3, -0.25) is 0 Å². The Morgan fingerprint density at radius 3 is 2.72 bits per heavy atom. The Labute approximate surface area is 114 Å². The highest BCUT2D eigenvalue weighted by atomic mass is 32.2. The molecule has 4 heteroatoms. The molecule has 0 saturated carbocycles. The zero-order valence-corrected chi connectivity index (χ0v) is 12.4. The van der Waals surface area contributed by atoms with Crippen molar-refractivity contribution in [3.05, 3.63) is 29.3 Å². The fourth-order valence-electron chi connectivity index (χ4n) is 1.70. The summed E-state index contributed by atoms with van der Waals surface area (Å²) in [5, 5.41) is 5.83. The molecule has 1 aromatic carbocycles. The molecule has 2 N–H and O–H groups in total. The number of nitrogens with one attached hydrogen (secondary N) is 2. The van der Waals surface area contributed by atoms with Gasteiger partial charge in [-0.05, 0) is 50.8 Å². The van der Waals surface area contributed by atoms with Gasteiger partial charge in [-0.2, -0.15) is 11.8 Å². The number of hydrogen-bond donors (Lipinski definition) is 2. The standard InChI is InChI=1S/C14H22N2OS/c1-10-5-6-13(11(2)9-10)16-14(17)15-12(3)7-8-18-4/h5-6,9,12H,7-8H2,1-4H3,(H2,15,16,17). The first-order valence-electron chi connectivity index (χ1n) is 6.16. The molecule has 1 aromatic rings. The van der Waals surface area contributed by atoms with Crippen LogP contribution in [0.5, 0.6) is 0 Å². The summed E-state index contributed by atoms with van der Waals surface area (Å²) in [5.74, 6) is 1.06. The Balaban J connectivity index is 2.49. The lowest BCUT2D eigenvalue weighted by Gasteiger charge is -2.15. The van der Waals surface area contributed by atoms with Crippen molar-refractivity contribution in [3.8, 4) is 0 Å². The van der Waals surface area contributed by atoms with Crippen LogP contribution >= 0.6 is 11.8 Å². The SMILES string of the molecule is CSCCC(C)NC(=O)Nc1ccc(C)cc1C. The summed E-state index contributed by atoms with van der Waals surface area (Å²) in [7, 11) is 0. The molecule has 0 radical (unpaired) electrons. The van der Waals surface area contributed by atoms with E-state index >= 15 is 0 Å². The zero-order chi connectivity index (χ0) is 13.5. The van der Waals surface area contributed by atoms with Crippen molar-refractivity contribution in [2.24, 2.45) is 0 Å². The van der Waals surface area contributed by atoms with Crippen LogP contribution in [0.2, 0.25) is 0 Å². The quantitative estimate of drug-likeness (QED) is 0.855. The molecule has 3 nitrogen and oxygen atoms in total. The van der Waals surface area contributed by atoms with Gasteiger partial charge >= 0.3 is 6.03 Å². The van der Waals surface area contributed by atoms with Crippen LogP contribution in [-0.4, -0.2) is 24.1 Å². The highest BCUT2D eigenvalue weighted by Gasteiger charge is 2.08. The molecule has 1 atom stereocenters. The molecule has 0 spiro atoms. The Bertz CT molecular complexity index is 407. The predicted molar refractivity (Wildman–Crippen MR) is 80.5 cm³/mol. The molecule has 0 aromatic heterocycles. The molecular weight excluding hydrogens is 244 g/mol. The molecular formula is C14H22N2OS. The average Bonchev–Trinajstić information content (AvgIpc) is 2.30. The van der Waals surface area contributed by atoms with Crippen molar-refractivity contribution in [2.75, 3.05) is 17.3 Å². The fraction of sp³-hybridized carbons (Fsp3) is 0.500. The van der Waals surface area contributed by atoms with Crippen LogP contribution in [0.25, 0.3) is 0 Å². The van der Waals surface area contributed by atoms with Crippen LogP contribution in [-0.2, 0) is 0 Å². The monoisotopic (exact) mass is 266 g/mol. The van der Waals surface area contributed by atoms with Crippen LogP contribution in [0, 0.1) is 13.8 Å². The van der Waals surface area contributed by atoms with Gasteiger partial charge < -0.3 is 10.6 Å². The lowest BCUT2D eigenvalue weighted by atomic mass is 10.1. The van der Waals surface area contributed by atoms with Gasteiger partial charge in [0.15, 0.2) is 0 Å². The number of aryl methyl sites for hydroxylation is 2. The van der Waals surface area contributed by atoms with Crippen molar-refractivity contribution in [1.82, 2.24) is 5.32 Å². The number of anilines is 1. The van der Waals surface area contributed by atoms with E-state index in [4.69, 9.17) is 0 Å². The second kappa shape index (κ2) is 7.31. The lowest BCUT2D eigenvalue weighted by Crippen LogP contribution is -2.36. The highest BCUT2D eigenvalue weighted by Crippen LogP contribution is 2.15. The maximum absolute atomic E-state index is 11.8. The fourth-order valence-corrected chi connectivity index (χ4v) is 2.29. The van der Waals surface area contributed by atoms with E-state index in [0.717, 1.165) is 23.4 Å². The van der Waals surface area contributed by atoms with E-state index < -0.39 is 0 Å². The lowest BCUT2D eigenvalue weighted by molar-refractivity contribution is 0.249. The number of urea groups is 1. The number of benzene rings is 1. The largest absolute Gasteiger partial charge is 0.335 e. The van der Waals surface area contributed by atoms with Crippen molar-refractivity contribution < 1.29 is 4.79 Å². The van der Waals surface area contributed by atoms with Crippen LogP contribution < -0.4 is 10.6 Å². The van der Waals surface area contributed by atoms with Crippen molar-refractivity contribution in [3.63, 3.8) is 0 Å². The maximum atomic E-state index is 11.8. The number of hydrogen-bond acceptors (Lipinski definition) is 2. The summed E-state index contributed by atoms with van der Waals surface area (Å²) in [4.78, 5) is 11.8. The molecule has 0 bridgehead atoms. The van der Waals surface area contributed by atoms with Gasteiger partial charge in [-0.25, -0.2) is 4.79 Å². The van der Waals surface area contributed by atoms with Crippen LogP contribution in [0.1, 0.15) is 24.5 Å². The first kappa shape index (κ1) is 14.9. The Kier molecular flexibility index (Phi) is 6.05. The van der Waals surface area contributed by atoms with E-state index in [1.165, 1.54) is 5.56 Å². The summed E-state index contributed by atoms with van der Waals surface area (Å²) in [6, 6.07) is 6.07. The Morgan fingerprint density at radius 1 is 1.39 bits per heavy atom. The van der Waals surface area contributed by atoms with Crippen molar-refractivity contribution in [2.45, 2.75) is 33.2 Å². The third-order valence-corrected chi connectivity index (χ3v) is 3.41. The molecule has 18 heavy (non-hydrogen) atoms. The second-order valence-electron chi connectivity index (χ2n) is 4.60. The number of carbonyl (C=O) groups is 1. The highest BCUT2D eigenvalue weighted by molar-refractivity contribution is 7.98. The minimum absolute atomic E-state index is 0.129. The molecule has 2 amide bonds. The molecule has 0 saturated heterocycles. The molecule has 1 rings (SSSR count). The predicted octanol–water partition coefficient (Wildman–Crippen LogP) is 3.57. The first-order chi connectivity index (χ1) is 8.52. The molecule has 0 aliphatic carbocycles. The molecule has 0 fully saturated rings. The van der Waals surface area contributed by atoms with E-state index in [2.05, 4.69) is 23.0 Å². The van der Waals surface area contributed by atoms with Crippen molar-refractivity contribution >= 4 is 23.5 Å². The van der Waals surface area contributed by atoms with Gasteiger partial charge in [0.1, 0.15) is 0 Å². The minimum Gasteiger partial charge on any atom is -0.335 e. The number of rotatable bonds is 5. The Hall–Kier alpha value is -1.16. The summed E-state index contributed by atoms with van der Waals surface area (Å²) in [6.07, 6.45) is 3.06. The third kappa shape index (κ3) is 5.00. The average molecular weight is 266 g/mol. The molecule has 100 valence electrons. The van der Waals surface area contributed by atoms with E-state index in [9.17, 15) is 4.79 Å². The molecule has 1 unspecified atom stereocenters. The normalized spacial score (nSPS) is 12.0. The van der Waals surface area contributed by atoms with Gasteiger partial charge in [0.05, 0.1) is 0 Å². The molecule has 0 heterocycles. The van der Waals surface area contributed by atoms with Gasteiger partial charge in [-0.1, -0.05) is 17.7 Å². The number of thioether (sulfide) groups is 1. The van der Waals surface area contributed by atoms with E-state index in [-0.39, 0.29) is 12.1 Å². The van der Waals surface area contributed by atoms with Gasteiger partial charge in [0, 0.05) is 11.7 Å². The summed E-state index contributed by atoms with van der Waals surface area (Å²) < 4.78 is 0. The minimum atomic E-state index is -0.129. The van der Waals surface area contributed by atoms with Crippen molar-refractivity contribution in [1.29, 1.82) is 0 Å². The van der Waals surface area contributed by atoms with E-state index in [1.54, 1.807) is 11.8 Å². The molecule has 0 aliphatic heterocycles. The van der Waals surface area contributed by atoms with Gasteiger partial charge in [0.2, 0.25) is 0 Å². The van der Waals surface area contributed by atoms with E-state index in [0.29, 0.717) is 0 Å². The van der Waals surface area contributed by atoms with Gasteiger partial charge in [0.25, 0.3) is 0 Å². The summed E-state index contributed by atoms with van der Waals surface area (Å²) >= 11 is 1.79. The summed E-state index contributed by atoms with van der Waals surface area (Å²) in [5.41, 5.74) is 3.16.